The van der Waals surface area contributed by atoms with E-state index < -0.39 is 0 Å². The summed E-state index contributed by atoms with van der Waals surface area (Å²) in [5.74, 6) is 0. The Balaban J connectivity index is 3.21. The standard InChI is InChI=1S/C7H17NO2/c1-3-10-6-7(8-2)4-5-9/h7-9H,3-6H2,1-2H3. The van der Waals surface area contributed by atoms with Crippen LogP contribution in [0.25, 0.3) is 0 Å². The molecule has 0 radical (unpaired) electrons. The summed E-state index contributed by atoms with van der Waals surface area (Å²) in [7, 11) is 1.87. The monoisotopic (exact) mass is 147 g/mol. The van der Waals surface area contributed by atoms with Crippen LogP contribution in [0.15, 0.2) is 0 Å². The molecule has 1 unspecified atom stereocenters. The van der Waals surface area contributed by atoms with Crippen molar-refractivity contribution in [3.05, 3.63) is 0 Å². The van der Waals surface area contributed by atoms with Gasteiger partial charge in [-0.2, -0.15) is 0 Å². The van der Waals surface area contributed by atoms with Crippen LogP contribution in [0.5, 0.6) is 0 Å². The summed E-state index contributed by atoms with van der Waals surface area (Å²) in [6, 6.07) is 0.296. The Kier molecular flexibility index (Phi) is 6.91. The molecule has 0 rings (SSSR count). The predicted octanol–water partition coefficient (Wildman–Crippen LogP) is -0.00670. The minimum atomic E-state index is 0.221. The van der Waals surface area contributed by atoms with Crippen LogP contribution in [-0.4, -0.2) is 38.0 Å². The van der Waals surface area contributed by atoms with Crippen LogP contribution in [0, 0.1) is 0 Å². The summed E-state index contributed by atoms with van der Waals surface area (Å²) < 4.78 is 5.17. The Labute approximate surface area is 62.4 Å². The molecule has 0 aliphatic rings. The van der Waals surface area contributed by atoms with Gasteiger partial charge < -0.3 is 15.2 Å². The maximum absolute atomic E-state index is 8.57. The Bertz CT molecular complexity index is 68.6. The second-order valence-corrected chi connectivity index (χ2v) is 2.16. The average molecular weight is 147 g/mol. The van der Waals surface area contributed by atoms with Crippen molar-refractivity contribution >= 4 is 0 Å². The Morgan fingerprint density at radius 1 is 1.60 bits per heavy atom. The number of nitrogens with one attached hydrogen (secondary N) is 1. The lowest BCUT2D eigenvalue weighted by Gasteiger charge is -2.13. The largest absolute Gasteiger partial charge is 0.396 e. The van der Waals surface area contributed by atoms with Gasteiger partial charge in [-0.15, -0.1) is 0 Å². The van der Waals surface area contributed by atoms with Gasteiger partial charge >= 0.3 is 0 Å². The van der Waals surface area contributed by atoms with Crippen LogP contribution < -0.4 is 5.32 Å². The van der Waals surface area contributed by atoms with Crippen LogP contribution in [0.2, 0.25) is 0 Å². The van der Waals surface area contributed by atoms with Gasteiger partial charge in [0.05, 0.1) is 6.61 Å². The second-order valence-electron chi connectivity index (χ2n) is 2.16. The van der Waals surface area contributed by atoms with E-state index in [1.165, 1.54) is 0 Å². The van der Waals surface area contributed by atoms with Gasteiger partial charge in [-0.25, -0.2) is 0 Å². The third-order valence-corrected chi connectivity index (χ3v) is 1.41. The zero-order valence-electron chi connectivity index (χ0n) is 6.76. The lowest BCUT2D eigenvalue weighted by Crippen LogP contribution is -2.31. The van der Waals surface area contributed by atoms with Crippen LogP contribution in [0.1, 0.15) is 13.3 Å². The lowest BCUT2D eigenvalue weighted by molar-refractivity contribution is 0.114. The lowest BCUT2D eigenvalue weighted by atomic mass is 10.2. The first-order valence-electron chi connectivity index (χ1n) is 3.71. The van der Waals surface area contributed by atoms with Gasteiger partial charge in [0.1, 0.15) is 0 Å². The molecule has 0 aliphatic heterocycles. The molecule has 0 spiro atoms. The van der Waals surface area contributed by atoms with Crippen molar-refractivity contribution in [1.29, 1.82) is 0 Å². The average Bonchev–Trinajstić information content (AvgIpc) is 1.98. The molecule has 0 amide bonds. The van der Waals surface area contributed by atoms with E-state index in [4.69, 9.17) is 9.84 Å². The van der Waals surface area contributed by atoms with Crippen molar-refractivity contribution in [3.8, 4) is 0 Å². The Morgan fingerprint density at radius 2 is 2.30 bits per heavy atom. The molecular weight excluding hydrogens is 130 g/mol. The highest BCUT2D eigenvalue weighted by Gasteiger charge is 2.02. The topological polar surface area (TPSA) is 41.5 Å². The molecular formula is C7H17NO2. The fourth-order valence-corrected chi connectivity index (χ4v) is 0.727. The maximum atomic E-state index is 8.57. The van der Waals surface area contributed by atoms with Gasteiger partial charge in [-0.1, -0.05) is 0 Å². The minimum Gasteiger partial charge on any atom is -0.396 e. The number of rotatable bonds is 6. The van der Waals surface area contributed by atoms with E-state index in [2.05, 4.69) is 5.32 Å². The molecule has 0 aromatic rings. The molecule has 2 N–H and O–H groups in total. The van der Waals surface area contributed by atoms with E-state index in [0.29, 0.717) is 12.6 Å². The van der Waals surface area contributed by atoms with Crippen LogP contribution in [-0.2, 0) is 4.74 Å². The summed E-state index contributed by atoms with van der Waals surface area (Å²) in [6.45, 7) is 3.61. The first-order chi connectivity index (χ1) is 4.85. The number of ether oxygens (including phenoxy) is 1. The summed E-state index contributed by atoms with van der Waals surface area (Å²) in [4.78, 5) is 0. The molecule has 0 aliphatic carbocycles. The molecule has 0 heterocycles. The zero-order chi connectivity index (χ0) is 7.82. The highest BCUT2D eigenvalue weighted by molar-refractivity contribution is 4.61. The van der Waals surface area contributed by atoms with E-state index in [0.717, 1.165) is 13.0 Å². The molecule has 1 atom stereocenters. The Morgan fingerprint density at radius 3 is 2.70 bits per heavy atom. The predicted molar refractivity (Wildman–Crippen MR) is 41.0 cm³/mol. The number of likely N-dealkylation sites (N-methyl/N-ethyl adjacent to an activating group) is 1. The molecule has 0 saturated heterocycles. The SMILES string of the molecule is CCOCC(CCO)NC. The molecule has 0 bridgehead atoms. The summed E-state index contributed by atoms with van der Waals surface area (Å²) >= 11 is 0. The van der Waals surface area contributed by atoms with Gasteiger partial charge in [0, 0.05) is 19.3 Å². The van der Waals surface area contributed by atoms with Crippen molar-refractivity contribution in [2.75, 3.05) is 26.9 Å². The number of aliphatic hydroxyl groups is 1. The van der Waals surface area contributed by atoms with Crippen molar-refractivity contribution in [2.45, 2.75) is 19.4 Å². The first kappa shape index (κ1) is 9.88. The number of hydrogen-bond donors (Lipinski definition) is 2. The quantitative estimate of drug-likeness (QED) is 0.555. The molecule has 10 heavy (non-hydrogen) atoms. The molecule has 3 nitrogen and oxygen atoms in total. The minimum absolute atomic E-state index is 0.221. The van der Waals surface area contributed by atoms with Crippen molar-refractivity contribution in [1.82, 2.24) is 5.32 Å². The molecule has 0 fully saturated rings. The highest BCUT2D eigenvalue weighted by atomic mass is 16.5. The van der Waals surface area contributed by atoms with Crippen molar-refractivity contribution < 1.29 is 9.84 Å². The first-order valence-corrected chi connectivity index (χ1v) is 3.71. The second kappa shape index (κ2) is 6.99. The highest BCUT2D eigenvalue weighted by Crippen LogP contribution is 1.90. The molecule has 62 valence electrons. The zero-order valence-corrected chi connectivity index (χ0v) is 6.76. The van der Waals surface area contributed by atoms with Crippen LogP contribution in [0.4, 0.5) is 0 Å². The van der Waals surface area contributed by atoms with Crippen LogP contribution in [0.3, 0.4) is 0 Å². The van der Waals surface area contributed by atoms with E-state index in [1.54, 1.807) is 0 Å². The summed E-state index contributed by atoms with van der Waals surface area (Å²) in [5.41, 5.74) is 0. The van der Waals surface area contributed by atoms with Gasteiger partial charge in [0.25, 0.3) is 0 Å². The molecule has 3 heteroatoms. The fourth-order valence-electron chi connectivity index (χ4n) is 0.727. The van der Waals surface area contributed by atoms with Crippen LogP contribution >= 0.6 is 0 Å². The summed E-state index contributed by atoms with van der Waals surface area (Å²) in [6.07, 6.45) is 0.760. The Hall–Kier alpha value is -0.120. The maximum Gasteiger partial charge on any atom is 0.0620 e. The van der Waals surface area contributed by atoms with E-state index in [-0.39, 0.29) is 6.61 Å². The van der Waals surface area contributed by atoms with Gasteiger partial charge in [-0.3, -0.25) is 0 Å². The van der Waals surface area contributed by atoms with Gasteiger partial charge in [0.15, 0.2) is 0 Å². The van der Waals surface area contributed by atoms with Crippen molar-refractivity contribution in [3.63, 3.8) is 0 Å². The number of hydrogen-bond acceptors (Lipinski definition) is 3. The van der Waals surface area contributed by atoms with E-state index in [1.807, 2.05) is 14.0 Å². The molecule has 0 aromatic heterocycles. The third-order valence-electron chi connectivity index (χ3n) is 1.41. The van der Waals surface area contributed by atoms with Crippen molar-refractivity contribution in [2.24, 2.45) is 0 Å². The molecule has 0 saturated carbocycles. The van der Waals surface area contributed by atoms with E-state index >= 15 is 0 Å². The summed E-state index contributed by atoms with van der Waals surface area (Å²) in [5, 5.41) is 11.6. The normalized spacial score (nSPS) is 13.5. The number of aliphatic hydroxyl groups excluding tert-OH is 1. The van der Waals surface area contributed by atoms with Gasteiger partial charge in [-0.05, 0) is 20.4 Å². The molecule has 0 aromatic carbocycles. The van der Waals surface area contributed by atoms with Gasteiger partial charge in [0.2, 0.25) is 0 Å². The smallest absolute Gasteiger partial charge is 0.0620 e. The third kappa shape index (κ3) is 4.73. The fraction of sp³-hybridized carbons (Fsp3) is 1.00. The van der Waals surface area contributed by atoms with E-state index in [9.17, 15) is 0 Å².